The van der Waals surface area contributed by atoms with Gasteiger partial charge in [0.15, 0.2) is 22.8 Å². The molecule has 1 fully saturated rings. The highest BCUT2D eigenvalue weighted by molar-refractivity contribution is 5.96. The van der Waals surface area contributed by atoms with E-state index in [9.17, 15) is 14.4 Å². The number of piperidine rings is 1. The zero-order valence-corrected chi connectivity index (χ0v) is 17.7. The van der Waals surface area contributed by atoms with Gasteiger partial charge in [-0.05, 0) is 26.2 Å². The fourth-order valence-electron chi connectivity index (χ4n) is 4.37. The molecule has 4 rings (SSSR count). The first-order valence-corrected chi connectivity index (χ1v) is 10.5. The monoisotopic (exact) mass is 410 g/mol. The lowest BCUT2D eigenvalue weighted by molar-refractivity contribution is -0.942. The molecule has 1 aromatic carbocycles. The van der Waals surface area contributed by atoms with Gasteiger partial charge in [-0.3, -0.25) is 18.7 Å². The molecule has 1 saturated heterocycles. The van der Waals surface area contributed by atoms with E-state index in [1.165, 1.54) is 22.9 Å². The van der Waals surface area contributed by atoms with Gasteiger partial charge in [-0.25, -0.2) is 9.78 Å². The molecule has 1 N–H and O–H groups in total. The molecule has 0 bridgehead atoms. The van der Waals surface area contributed by atoms with E-state index in [0.29, 0.717) is 35.1 Å². The fourth-order valence-corrected chi connectivity index (χ4v) is 4.37. The summed E-state index contributed by atoms with van der Waals surface area (Å²) in [4.78, 5) is 44.5. The van der Waals surface area contributed by atoms with Crippen molar-refractivity contribution in [2.24, 2.45) is 14.1 Å². The van der Waals surface area contributed by atoms with Gasteiger partial charge in [0, 0.05) is 19.7 Å². The summed E-state index contributed by atoms with van der Waals surface area (Å²) < 4.78 is 4.19. The Bertz CT molecular complexity index is 1210. The summed E-state index contributed by atoms with van der Waals surface area (Å²) in [5.74, 6) is 0.588. The molecule has 0 saturated carbocycles. The zero-order valence-electron chi connectivity index (χ0n) is 17.7. The minimum Gasteiger partial charge on any atom is -0.326 e. The number of benzene rings is 1. The third kappa shape index (κ3) is 3.52. The van der Waals surface area contributed by atoms with Crippen LogP contribution in [-0.4, -0.2) is 37.1 Å². The summed E-state index contributed by atoms with van der Waals surface area (Å²) in [6, 6.07) is 9.54. The van der Waals surface area contributed by atoms with Gasteiger partial charge in [0.2, 0.25) is 0 Å². The Hall–Kier alpha value is -3.00. The lowest BCUT2D eigenvalue weighted by atomic mass is 10.0. The molecule has 0 aliphatic carbocycles. The maximum atomic E-state index is 13.0. The smallest absolute Gasteiger partial charge is 0.326 e. The second-order valence-electron chi connectivity index (χ2n) is 8.26. The molecule has 1 unspecified atom stereocenters. The number of quaternary nitrogens is 1. The number of Topliss-reactive ketones (excluding diaryl/α,β-unsaturated/α-hetero) is 1. The Kier molecular flexibility index (Phi) is 5.42. The molecular formula is C22H28N5O3+. The summed E-state index contributed by atoms with van der Waals surface area (Å²) in [6.45, 7) is 3.90. The van der Waals surface area contributed by atoms with E-state index < -0.39 is 11.2 Å². The Balaban J connectivity index is 1.85. The van der Waals surface area contributed by atoms with E-state index in [0.717, 1.165) is 24.0 Å². The Morgan fingerprint density at radius 1 is 1.13 bits per heavy atom. The summed E-state index contributed by atoms with van der Waals surface area (Å²) in [7, 11) is 3.07. The number of aryl methyl sites for hydroxylation is 1. The molecule has 2 aromatic heterocycles. The largest absolute Gasteiger partial charge is 0.332 e. The highest BCUT2D eigenvalue weighted by Gasteiger charge is 2.27. The quantitative estimate of drug-likeness (QED) is 0.613. The molecule has 1 aliphatic rings. The van der Waals surface area contributed by atoms with Crippen LogP contribution in [0.1, 0.15) is 42.4 Å². The maximum Gasteiger partial charge on any atom is 0.332 e. The number of carbonyl (C=O) groups is 1. The molecule has 0 radical (unpaired) electrons. The van der Waals surface area contributed by atoms with Gasteiger partial charge >= 0.3 is 5.69 Å². The van der Waals surface area contributed by atoms with Crippen molar-refractivity contribution in [3.63, 3.8) is 0 Å². The van der Waals surface area contributed by atoms with Crippen LogP contribution in [0.3, 0.4) is 0 Å². The average Bonchev–Trinajstić information content (AvgIpc) is 3.11. The number of imidazole rings is 1. The zero-order chi connectivity index (χ0) is 21.4. The summed E-state index contributed by atoms with van der Waals surface area (Å²) in [5.41, 5.74) is 0.391. The third-order valence-electron chi connectivity index (χ3n) is 6.29. The van der Waals surface area contributed by atoms with Crippen molar-refractivity contribution >= 4 is 16.9 Å². The first kappa shape index (κ1) is 20.3. The highest BCUT2D eigenvalue weighted by atomic mass is 16.2. The minimum absolute atomic E-state index is 0.0188. The summed E-state index contributed by atoms with van der Waals surface area (Å²) in [6.07, 6.45) is 3.53. The number of hydrogen-bond donors (Lipinski definition) is 1. The third-order valence-corrected chi connectivity index (χ3v) is 6.29. The molecule has 3 heterocycles. The molecule has 1 aliphatic heterocycles. The predicted octanol–water partition coefficient (Wildman–Crippen LogP) is 0.274. The lowest BCUT2D eigenvalue weighted by Gasteiger charge is -2.29. The number of rotatable bonds is 5. The SMILES string of the molecule is C[C@@H]1CCCC[NH+]1Cc1nc2c(c(=O)n(C)c(=O)n2C)n1CC(=O)c1ccccc1. The van der Waals surface area contributed by atoms with Gasteiger partial charge in [0.25, 0.3) is 5.56 Å². The van der Waals surface area contributed by atoms with Crippen LogP contribution in [0.15, 0.2) is 39.9 Å². The average molecular weight is 410 g/mol. The molecule has 3 aromatic rings. The number of likely N-dealkylation sites (tertiary alicyclic amines) is 1. The number of aromatic nitrogens is 4. The Morgan fingerprint density at radius 3 is 2.57 bits per heavy atom. The van der Waals surface area contributed by atoms with Crippen molar-refractivity contribution in [1.82, 2.24) is 18.7 Å². The van der Waals surface area contributed by atoms with Crippen LogP contribution in [0.5, 0.6) is 0 Å². The van der Waals surface area contributed by atoms with Crippen LogP contribution < -0.4 is 16.1 Å². The topological polar surface area (TPSA) is 83.3 Å². The second-order valence-corrected chi connectivity index (χ2v) is 8.26. The molecule has 0 spiro atoms. The van der Waals surface area contributed by atoms with Crippen molar-refractivity contribution in [3.05, 3.63) is 62.6 Å². The van der Waals surface area contributed by atoms with Gasteiger partial charge in [0.05, 0.1) is 19.1 Å². The molecule has 30 heavy (non-hydrogen) atoms. The summed E-state index contributed by atoms with van der Waals surface area (Å²) in [5, 5.41) is 0. The first-order valence-electron chi connectivity index (χ1n) is 10.5. The van der Waals surface area contributed by atoms with Gasteiger partial charge in [-0.1, -0.05) is 30.3 Å². The van der Waals surface area contributed by atoms with Crippen molar-refractivity contribution in [2.75, 3.05) is 6.54 Å². The van der Waals surface area contributed by atoms with E-state index in [-0.39, 0.29) is 12.3 Å². The van der Waals surface area contributed by atoms with Crippen LogP contribution in [0.4, 0.5) is 0 Å². The number of nitrogens with zero attached hydrogens (tertiary/aromatic N) is 4. The summed E-state index contributed by atoms with van der Waals surface area (Å²) >= 11 is 0. The molecule has 8 nitrogen and oxygen atoms in total. The molecule has 0 amide bonds. The predicted molar refractivity (Wildman–Crippen MR) is 114 cm³/mol. The van der Waals surface area contributed by atoms with Gasteiger partial charge < -0.3 is 9.47 Å². The van der Waals surface area contributed by atoms with E-state index in [4.69, 9.17) is 0 Å². The maximum absolute atomic E-state index is 13.0. The second kappa shape index (κ2) is 8.02. The van der Waals surface area contributed by atoms with Crippen molar-refractivity contribution < 1.29 is 9.69 Å². The van der Waals surface area contributed by atoms with Crippen molar-refractivity contribution in [3.8, 4) is 0 Å². The van der Waals surface area contributed by atoms with E-state index in [2.05, 4.69) is 11.9 Å². The number of hydrogen-bond acceptors (Lipinski definition) is 4. The number of nitrogens with one attached hydrogen (secondary N) is 1. The van der Waals surface area contributed by atoms with Gasteiger partial charge in [-0.15, -0.1) is 0 Å². The number of fused-ring (bicyclic) bond motifs is 1. The van der Waals surface area contributed by atoms with Crippen molar-refractivity contribution in [1.29, 1.82) is 0 Å². The molecule has 158 valence electrons. The van der Waals surface area contributed by atoms with Crippen LogP contribution in [-0.2, 0) is 27.2 Å². The first-order chi connectivity index (χ1) is 14.4. The van der Waals surface area contributed by atoms with E-state index >= 15 is 0 Å². The standard InChI is InChI=1S/C22H27N5O3/c1-15-9-7-8-12-26(15)14-18-23-20-19(21(29)25(3)22(30)24(20)2)27(18)13-17(28)16-10-5-4-6-11-16/h4-6,10-11,15H,7-9,12-14H2,1-3H3/p+1/t15-/m1/s1. The van der Waals surface area contributed by atoms with E-state index in [1.807, 2.05) is 18.2 Å². The van der Waals surface area contributed by atoms with Crippen LogP contribution in [0, 0.1) is 0 Å². The Morgan fingerprint density at radius 2 is 1.87 bits per heavy atom. The lowest BCUT2D eigenvalue weighted by Crippen LogP contribution is -3.15. The fraction of sp³-hybridized carbons (Fsp3) is 0.455. The molecule has 8 heteroatoms. The highest BCUT2D eigenvalue weighted by Crippen LogP contribution is 2.14. The molecule has 2 atom stereocenters. The van der Waals surface area contributed by atoms with Crippen LogP contribution in [0.25, 0.3) is 11.2 Å². The normalized spacial score (nSPS) is 19.3. The van der Waals surface area contributed by atoms with Gasteiger partial charge in [-0.2, -0.15) is 0 Å². The number of carbonyl (C=O) groups excluding carboxylic acids is 1. The number of ketones is 1. The Labute approximate surface area is 174 Å². The van der Waals surface area contributed by atoms with Crippen LogP contribution in [0.2, 0.25) is 0 Å². The minimum atomic E-state index is -0.422. The van der Waals surface area contributed by atoms with Crippen molar-refractivity contribution in [2.45, 2.75) is 45.3 Å². The van der Waals surface area contributed by atoms with Crippen LogP contribution >= 0.6 is 0 Å². The molecular weight excluding hydrogens is 382 g/mol. The van der Waals surface area contributed by atoms with Gasteiger partial charge in [0.1, 0.15) is 6.54 Å². The van der Waals surface area contributed by atoms with E-state index in [1.54, 1.807) is 23.7 Å².